The number of carboxylic acid groups (broad SMARTS) is 2. The average molecular weight is 345 g/mol. The van der Waals surface area contributed by atoms with Crippen molar-refractivity contribution >= 4 is 39.6 Å². The van der Waals surface area contributed by atoms with E-state index < -0.39 is 30.4 Å². The van der Waals surface area contributed by atoms with Crippen LogP contribution in [0.4, 0.5) is 10.5 Å². The predicted octanol–water partition coefficient (Wildman–Crippen LogP) is 1.81. The molecule has 4 N–H and O–H groups in total. The van der Waals surface area contributed by atoms with Crippen LogP contribution in [-0.2, 0) is 9.59 Å². The summed E-state index contributed by atoms with van der Waals surface area (Å²) in [4.78, 5) is 32.9. The molecule has 1 aromatic carbocycles. The highest BCUT2D eigenvalue weighted by molar-refractivity contribution is 9.10. The number of carbonyl (C=O) groups is 3. The number of carboxylic acids is 2. The Labute approximate surface area is 123 Å². The van der Waals surface area contributed by atoms with E-state index in [0.29, 0.717) is 5.69 Å². The van der Waals surface area contributed by atoms with Crippen molar-refractivity contribution in [2.75, 3.05) is 5.32 Å². The quantitative estimate of drug-likeness (QED) is 0.650. The number of hydrogen-bond donors (Lipinski definition) is 4. The molecular weight excluding hydrogens is 332 g/mol. The molecule has 0 aliphatic rings. The third kappa shape index (κ3) is 4.88. The summed E-state index contributed by atoms with van der Waals surface area (Å²) in [5, 5.41) is 21.9. The van der Waals surface area contributed by atoms with Gasteiger partial charge in [0, 0.05) is 10.2 Å². The maximum absolute atomic E-state index is 11.6. The van der Waals surface area contributed by atoms with Crippen molar-refractivity contribution < 1.29 is 24.6 Å². The first-order chi connectivity index (χ1) is 9.29. The van der Waals surface area contributed by atoms with Gasteiger partial charge < -0.3 is 20.8 Å². The van der Waals surface area contributed by atoms with E-state index in [2.05, 4.69) is 26.6 Å². The lowest BCUT2D eigenvalue weighted by atomic mass is 10.2. The molecule has 0 bridgehead atoms. The summed E-state index contributed by atoms with van der Waals surface area (Å²) in [5.74, 6) is -2.72. The second-order valence-electron chi connectivity index (χ2n) is 4.05. The van der Waals surface area contributed by atoms with E-state index >= 15 is 0 Å². The summed E-state index contributed by atoms with van der Waals surface area (Å²) in [6, 6.07) is 2.79. The second-order valence-corrected chi connectivity index (χ2v) is 4.91. The van der Waals surface area contributed by atoms with Crippen molar-refractivity contribution in [1.82, 2.24) is 5.32 Å². The number of aliphatic carboxylic acids is 2. The fraction of sp³-hybridized carbons (Fsp3) is 0.250. The molecule has 20 heavy (non-hydrogen) atoms. The molecule has 0 spiro atoms. The molecule has 7 nitrogen and oxygen atoms in total. The van der Waals surface area contributed by atoms with Crippen molar-refractivity contribution in [2.45, 2.75) is 19.4 Å². The Morgan fingerprint density at radius 3 is 2.45 bits per heavy atom. The van der Waals surface area contributed by atoms with Crippen LogP contribution in [0.3, 0.4) is 0 Å². The van der Waals surface area contributed by atoms with Gasteiger partial charge in [-0.1, -0.05) is 15.9 Å². The van der Waals surface area contributed by atoms with E-state index in [1.54, 1.807) is 18.2 Å². The molecule has 0 aliphatic heterocycles. The number of rotatable bonds is 5. The molecular formula is C12H13BrN2O5. The smallest absolute Gasteiger partial charge is 0.326 e. The normalized spacial score (nSPS) is 11.5. The van der Waals surface area contributed by atoms with Crippen LogP contribution in [0, 0.1) is 6.92 Å². The van der Waals surface area contributed by atoms with E-state index in [4.69, 9.17) is 10.2 Å². The van der Waals surface area contributed by atoms with E-state index in [0.717, 1.165) is 10.0 Å². The van der Waals surface area contributed by atoms with Gasteiger partial charge in [0.2, 0.25) is 0 Å². The van der Waals surface area contributed by atoms with Crippen molar-refractivity contribution in [3.8, 4) is 0 Å². The van der Waals surface area contributed by atoms with Gasteiger partial charge in [-0.25, -0.2) is 9.59 Å². The maximum atomic E-state index is 11.6. The van der Waals surface area contributed by atoms with E-state index in [1.807, 2.05) is 6.92 Å². The first-order valence-corrected chi connectivity index (χ1v) is 6.37. The summed E-state index contributed by atoms with van der Waals surface area (Å²) >= 11 is 3.31. The maximum Gasteiger partial charge on any atom is 0.326 e. The lowest BCUT2D eigenvalue weighted by Gasteiger charge is -2.13. The zero-order chi connectivity index (χ0) is 15.3. The van der Waals surface area contributed by atoms with Gasteiger partial charge in [0.25, 0.3) is 0 Å². The molecule has 0 unspecified atom stereocenters. The Morgan fingerprint density at radius 1 is 1.30 bits per heavy atom. The van der Waals surface area contributed by atoms with Crippen molar-refractivity contribution in [2.24, 2.45) is 0 Å². The fourth-order valence-corrected chi connectivity index (χ4v) is 1.67. The summed E-state index contributed by atoms with van der Waals surface area (Å²) in [6.45, 7) is 1.83. The largest absolute Gasteiger partial charge is 0.481 e. The molecule has 0 aliphatic carbocycles. The molecule has 0 fully saturated rings. The third-order valence-corrected chi connectivity index (χ3v) is 3.29. The SMILES string of the molecule is Cc1cc(NC(=O)N[C@H](CC(=O)O)C(=O)O)ccc1Br. The number of urea groups is 1. The van der Waals surface area contributed by atoms with Gasteiger partial charge in [-0.3, -0.25) is 4.79 Å². The van der Waals surface area contributed by atoms with E-state index in [1.165, 1.54) is 0 Å². The lowest BCUT2D eigenvalue weighted by Crippen LogP contribution is -2.44. The number of benzene rings is 1. The highest BCUT2D eigenvalue weighted by Crippen LogP contribution is 2.19. The number of amides is 2. The number of aryl methyl sites for hydroxylation is 1. The van der Waals surface area contributed by atoms with Crippen LogP contribution >= 0.6 is 15.9 Å². The van der Waals surface area contributed by atoms with Crippen molar-refractivity contribution in [3.05, 3.63) is 28.2 Å². The Hall–Kier alpha value is -2.09. The molecule has 0 aromatic heterocycles. The van der Waals surface area contributed by atoms with Crippen molar-refractivity contribution in [1.29, 1.82) is 0 Å². The molecule has 0 saturated heterocycles. The number of carbonyl (C=O) groups excluding carboxylic acids is 1. The van der Waals surface area contributed by atoms with Gasteiger partial charge in [0.1, 0.15) is 6.04 Å². The molecule has 0 radical (unpaired) electrons. The van der Waals surface area contributed by atoms with Crippen molar-refractivity contribution in [3.63, 3.8) is 0 Å². The van der Waals surface area contributed by atoms with E-state index in [9.17, 15) is 14.4 Å². The fourth-order valence-electron chi connectivity index (χ4n) is 1.42. The first kappa shape index (κ1) is 16.0. The van der Waals surface area contributed by atoms with Gasteiger partial charge in [-0.15, -0.1) is 0 Å². The minimum absolute atomic E-state index is 0.475. The van der Waals surface area contributed by atoms with Crippen LogP contribution < -0.4 is 10.6 Å². The monoisotopic (exact) mass is 344 g/mol. The van der Waals surface area contributed by atoms with Crippen LogP contribution in [0.2, 0.25) is 0 Å². The molecule has 2 amide bonds. The molecule has 1 rings (SSSR count). The summed E-state index contributed by atoms with van der Waals surface area (Å²) in [7, 11) is 0. The Bertz CT molecular complexity index is 547. The summed E-state index contributed by atoms with van der Waals surface area (Å²) in [5.41, 5.74) is 1.37. The standard InChI is InChI=1S/C12H13BrN2O5/c1-6-4-7(2-3-8(6)13)14-12(20)15-9(11(18)19)5-10(16)17/h2-4,9H,5H2,1H3,(H,16,17)(H,18,19)(H2,14,15,20)/t9-/m1/s1. The molecule has 108 valence electrons. The molecule has 8 heteroatoms. The number of hydrogen-bond acceptors (Lipinski definition) is 3. The van der Waals surface area contributed by atoms with Gasteiger partial charge in [-0.05, 0) is 30.7 Å². The molecule has 1 aromatic rings. The highest BCUT2D eigenvalue weighted by Gasteiger charge is 2.22. The van der Waals surface area contributed by atoms with Crippen LogP contribution in [-0.4, -0.2) is 34.2 Å². The molecule has 0 saturated carbocycles. The van der Waals surface area contributed by atoms with Gasteiger partial charge in [0.15, 0.2) is 0 Å². The Kier molecular flexibility index (Phi) is 5.51. The van der Waals surface area contributed by atoms with Gasteiger partial charge in [-0.2, -0.15) is 0 Å². The van der Waals surface area contributed by atoms with Crippen LogP contribution in [0.5, 0.6) is 0 Å². The van der Waals surface area contributed by atoms with E-state index in [-0.39, 0.29) is 0 Å². The summed E-state index contributed by atoms with van der Waals surface area (Å²) in [6.07, 6.45) is -0.692. The Morgan fingerprint density at radius 2 is 1.95 bits per heavy atom. The highest BCUT2D eigenvalue weighted by atomic mass is 79.9. The molecule has 0 heterocycles. The predicted molar refractivity (Wildman–Crippen MR) is 74.7 cm³/mol. The van der Waals surface area contributed by atoms with Crippen LogP contribution in [0.25, 0.3) is 0 Å². The number of anilines is 1. The first-order valence-electron chi connectivity index (χ1n) is 5.58. The topological polar surface area (TPSA) is 116 Å². The minimum atomic E-state index is -1.48. The van der Waals surface area contributed by atoms with Gasteiger partial charge >= 0.3 is 18.0 Å². The zero-order valence-corrected chi connectivity index (χ0v) is 12.1. The number of nitrogens with one attached hydrogen (secondary N) is 2. The van der Waals surface area contributed by atoms with Crippen LogP contribution in [0.1, 0.15) is 12.0 Å². The lowest BCUT2D eigenvalue weighted by molar-refractivity contribution is -0.145. The third-order valence-electron chi connectivity index (χ3n) is 2.40. The minimum Gasteiger partial charge on any atom is -0.481 e. The summed E-state index contributed by atoms with van der Waals surface area (Å²) < 4.78 is 0.873. The average Bonchev–Trinajstić information content (AvgIpc) is 2.32. The number of halogens is 1. The second kappa shape index (κ2) is 6.90. The Balaban J connectivity index is 2.67. The molecule has 1 atom stereocenters. The zero-order valence-electron chi connectivity index (χ0n) is 10.5. The van der Waals surface area contributed by atoms with Crippen LogP contribution in [0.15, 0.2) is 22.7 Å². The van der Waals surface area contributed by atoms with Gasteiger partial charge in [0.05, 0.1) is 6.42 Å².